The molecule has 0 aliphatic carbocycles. The molecule has 0 atom stereocenters. The largest absolute Gasteiger partial charge is 0.478 e. The molecule has 2 aromatic heterocycles. The summed E-state index contributed by atoms with van der Waals surface area (Å²) in [4.78, 5) is 25.2. The van der Waals surface area contributed by atoms with Gasteiger partial charge in [0.2, 0.25) is 5.95 Å². The summed E-state index contributed by atoms with van der Waals surface area (Å²) in [7, 11) is 0. The van der Waals surface area contributed by atoms with Gasteiger partial charge < -0.3 is 10.4 Å². The third-order valence-electron chi connectivity index (χ3n) is 3.52. The van der Waals surface area contributed by atoms with Crippen molar-refractivity contribution >= 4 is 34.9 Å². The molecular weight excluding hydrogens is 360 g/mol. The third kappa shape index (κ3) is 3.94. The van der Waals surface area contributed by atoms with Gasteiger partial charge in [0, 0.05) is 17.8 Å². The molecule has 0 spiro atoms. The van der Waals surface area contributed by atoms with E-state index in [2.05, 4.69) is 20.3 Å². The number of carboxylic acids is 1. The number of nitrogens with one attached hydrogen (secondary N) is 1. The standard InChI is InChI=1S/C17H15ClN4O2S/c1-9-15(25-10(2)21-9)14-5-6-19-17(22-14)20-8-12-7-11(16(23)24)3-4-13(12)18/h3-7H,8H2,1-2H3,(H,23,24)(H,19,20,22). The number of aromatic nitrogens is 3. The van der Waals surface area contributed by atoms with Crippen LogP contribution < -0.4 is 5.32 Å². The van der Waals surface area contributed by atoms with Crippen LogP contribution in [-0.4, -0.2) is 26.0 Å². The predicted molar refractivity (Wildman–Crippen MR) is 98.4 cm³/mol. The van der Waals surface area contributed by atoms with Crippen molar-refractivity contribution in [3.05, 3.63) is 57.3 Å². The number of hydrogen-bond acceptors (Lipinski definition) is 6. The Morgan fingerprint density at radius 2 is 2.08 bits per heavy atom. The van der Waals surface area contributed by atoms with E-state index in [0.717, 1.165) is 21.3 Å². The zero-order chi connectivity index (χ0) is 18.0. The smallest absolute Gasteiger partial charge is 0.335 e. The van der Waals surface area contributed by atoms with Gasteiger partial charge in [0.15, 0.2) is 0 Å². The van der Waals surface area contributed by atoms with E-state index in [1.807, 2.05) is 19.9 Å². The zero-order valence-electron chi connectivity index (χ0n) is 13.6. The number of halogens is 1. The first-order valence-electron chi connectivity index (χ1n) is 7.47. The highest BCUT2D eigenvalue weighted by Crippen LogP contribution is 2.28. The summed E-state index contributed by atoms with van der Waals surface area (Å²) in [5.74, 6) is -0.549. The van der Waals surface area contributed by atoms with Crippen LogP contribution in [0.15, 0.2) is 30.5 Å². The van der Waals surface area contributed by atoms with Crippen molar-refractivity contribution in [1.29, 1.82) is 0 Å². The molecule has 0 unspecified atom stereocenters. The molecular formula is C17H15ClN4O2S. The minimum absolute atomic E-state index is 0.187. The number of carboxylic acid groups (broad SMARTS) is 1. The maximum atomic E-state index is 11.1. The Bertz CT molecular complexity index is 942. The molecule has 3 aromatic rings. The molecule has 25 heavy (non-hydrogen) atoms. The second kappa shape index (κ2) is 7.16. The predicted octanol–water partition coefficient (Wildman–Crippen LogP) is 4.18. The highest BCUT2D eigenvalue weighted by molar-refractivity contribution is 7.15. The number of anilines is 1. The number of benzene rings is 1. The first-order chi connectivity index (χ1) is 11.9. The topological polar surface area (TPSA) is 88.0 Å². The third-order valence-corrected chi connectivity index (χ3v) is 4.99. The van der Waals surface area contributed by atoms with E-state index in [4.69, 9.17) is 16.7 Å². The average molecular weight is 375 g/mol. The van der Waals surface area contributed by atoms with Crippen molar-refractivity contribution in [2.24, 2.45) is 0 Å². The van der Waals surface area contributed by atoms with E-state index in [1.165, 1.54) is 12.1 Å². The van der Waals surface area contributed by atoms with Gasteiger partial charge in [0.25, 0.3) is 0 Å². The van der Waals surface area contributed by atoms with Crippen molar-refractivity contribution in [3.63, 3.8) is 0 Å². The second-order valence-corrected chi connectivity index (χ2v) is 6.99. The molecule has 2 heterocycles. The summed E-state index contributed by atoms with van der Waals surface area (Å²) < 4.78 is 0. The Labute approximate surface area is 153 Å². The fraction of sp³-hybridized carbons (Fsp3) is 0.176. The van der Waals surface area contributed by atoms with Crippen LogP contribution in [0.4, 0.5) is 5.95 Å². The van der Waals surface area contributed by atoms with Crippen LogP contribution in [0.2, 0.25) is 5.02 Å². The average Bonchev–Trinajstić information content (AvgIpc) is 2.92. The molecule has 128 valence electrons. The fourth-order valence-electron chi connectivity index (χ4n) is 2.36. The molecule has 1 aromatic carbocycles. The first kappa shape index (κ1) is 17.3. The van der Waals surface area contributed by atoms with Gasteiger partial charge in [-0.3, -0.25) is 0 Å². The Kier molecular flexibility index (Phi) is 4.96. The van der Waals surface area contributed by atoms with Crippen molar-refractivity contribution in [1.82, 2.24) is 15.0 Å². The van der Waals surface area contributed by atoms with Gasteiger partial charge in [-0.25, -0.2) is 19.7 Å². The SMILES string of the molecule is Cc1nc(C)c(-c2ccnc(NCc3cc(C(=O)O)ccc3Cl)n2)s1. The Morgan fingerprint density at radius 1 is 1.28 bits per heavy atom. The lowest BCUT2D eigenvalue weighted by Gasteiger charge is -2.08. The van der Waals surface area contributed by atoms with Crippen molar-refractivity contribution in [2.75, 3.05) is 5.32 Å². The summed E-state index contributed by atoms with van der Waals surface area (Å²) >= 11 is 7.72. The van der Waals surface area contributed by atoms with Crippen LogP contribution in [-0.2, 0) is 6.54 Å². The molecule has 0 saturated carbocycles. The van der Waals surface area contributed by atoms with Crippen molar-refractivity contribution in [3.8, 4) is 10.6 Å². The van der Waals surface area contributed by atoms with Gasteiger partial charge >= 0.3 is 5.97 Å². The van der Waals surface area contributed by atoms with Gasteiger partial charge in [-0.2, -0.15) is 0 Å². The van der Waals surface area contributed by atoms with E-state index < -0.39 is 5.97 Å². The first-order valence-corrected chi connectivity index (χ1v) is 8.66. The highest BCUT2D eigenvalue weighted by atomic mass is 35.5. The van der Waals surface area contributed by atoms with Gasteiger partial charge in [-0.15, -0.1) is 11.3 Å². The van der Waals surface area contributed by atoms with Crippen LogP contribution in [0.25, 0.3) is 10.6 Å². The number of aromatic carboxylic acids is 1. The molecule has 2 N–H and O–H groups in total. The van der Waals surface area contributed by atoms with E-state index in [0.29, 0.717) is 23.1 Å². The summed E-state index contributed by atoms with van der Waals surface area (Å²) in [5.41, 5.74) is 2.59. The summed E-state index contributed by atoms with van der Waals surface area (Å²) in [5, 5.41) is 13.6. The number of rotatable bonds is 5. The Hall–Kier alpha value is -2.51. The lowest BCUT2D eigenvalue weighted by atomic mass is 10.1. The zero-order valence-corrected chi connectivity index (χ0v) is 15.1. The highest BCUT2D eigenvalue weighted by Gasteiger charge is 2.11. The molecule has 0 saturated heterocycles. The number of hydrogen-bond donors (Lipinski definition) is 2. The summed E-state index contributed by atoms with van der Waals surface area (Å²) in [6.45, 7) is 4.23. The Balaban J connectivity index is 1.81. The lowest BCUT2D eigenvalue weighted by molar-refractivity contribution is 0.0697. The molecule has 6 nitrogen and oxygen atoms in total. The van der Waals surface area contributed by atoms with Gasteiger partial charge in [-0.05, 0) is 43.7 Å². The minimum atomic E-state index is -0.993. The summed E-state index contributed by atoms with van der Waals surface area (Å²) in [6, 6.07) is 6.42. The fourth-order valence-corrected chi connectivity index (χ4v) is 3.43. The van der Waals surface area contributed by atoms with E-state index >= 15 is 0 Å². The van der Waals surface area contributed by atoms with Crippen LogP contribution in [0.5, 0.6) is 0 Å². The maximum absolute atomic E-state index is 11.1. The van der Waals surface area contributed by atoms with Crippen LogP contribution >= 0.6 is 22.9 Å². The van der Waals surface area contributed by atoms with Crippen LogP contribution in [0.3, 0.4) is 0 Å². The molecule has 0 amide bonds. The van der Waals surface area contributed by atoms with Gasteiger partial charge in [-0.1, -0.05) is 11.6 Å². The van der Waals surface area contributed by atoms with E-state index in [1.54, 1.807) is 23.6 Å². The quantitative estimate of drug-likeness (QED) is 0.696. The van der Waals surface area contributed by atoms with E-state index in [-0.39, 0.29) is 5.56 Å². The maximum Gasteiger partial charge on any atom is 0.335 e. The lowest BCUT2D eigenvalue weighted by Crippen LogP contribution is -2.06. The van der Waals surface area contributed by atoms with Crippen molar-refractivity contribution in [2.45, 2.75) is 20.4 Å². The number of thiazole rings is 1. The molecule has 0 bridgehead atoms. The molecule has 0 aliphatic heterocycles. The van der Waals surface area contributed by atoms with Gasteiger partial charge in [0.05, 0.1) is 26.8 Å². The molecule has 0 fully saturated rings. The number of nitrogens with zero attached hydrogens (tertiary/aromatic N) is 3. The normalized spacial score (nSPS) is 10.7. The molecule has 0 aliphatic rings. The Morgan fingerprint density at radius 3 is 2.76 bits per heavy atom. The van der Waals surface area contributed by atoms with Crippen LogP contribution in [0, 0.1) is 13.8 Å². The van der Waals surface area contributed by atoms with Crippen LogP contribution in [0.1, 0.15) is 26.6 Å². The minimum Gasteiger partial charge on any atom is -0.478 e. The molecule has 3 rings (SSSR count). The van der Waals surface area contributed by atoms with Gasteiger partial charge in [0.1, 0.15) is 0 Å². The number of carbonyl (C=O) groups is 1. The molecule has 0 radical (unpaired) electrons. The second-order valence-electron chi connectivity index (χ2n) is 5.38. The molecule has 8 heteroatoms. The number of aryl methyl sites for hydroxylation is 2. The van der Waals surface area contributed by atoms with Crippen molar-refractivity contribution < 1.29 is 9.90 Å². The monoisotopic (exact) mass is 374 g/mol. The summed E-state index contributed by atoms with van der Waals surface area (Å²) in [6.07, 6.45) is 1.68. The van der Waals surface area contributed by atoms with E-state index in [9.17, 15) is 4.79 Å².